The molecule has 10 heteroatoms. The van der Waals surface area contributed by atoms with Gasteiger partial charge in [0.1, 0.15) is 10.4 Å². The van der Waals surface area contributed by atoms with Crippen LogP contribution in [0.2, 0.25) is 0 Å². The van der Waals surface area contributed by atoms with Gasteiger partial charge >= 0.3 is 0 Å². The Hall–Kier alpha value is -1.23. The third-order valence-electron chi connectivity index (χ3n) is 4.66. The number of carbonyl (C=O) groups is 2. The summed E-state index contributed by atoms with van der Waals surface area (Å²) in [6.07, 6.45) is 2.22. The Morgan fingerprint density at radius 3 is 2.81 bits per heavy atom. The lowest BCUT2D eigenvalue weighted by molar-refractivity contribution is -0.140. The fourth-order valence-electron chi connectivity index (χ4n) is 3.28. The van der Waals surface area contributed by atoms with Crippen molar-refractivity contribution in [1.82, 2.24) is 9.80 Å². The second-order valence-electron chi connectivity index (χ2n) is 6.42. The van der Waals surface area contributed by atoms with Crippen molar-refractivity contribution in [3.05, 3.63) is 27.3 Å². The third kappa shape index (κ3) is 4.28. The van der Waals surface area contributed by atoms with Crippen LogP contribution in [0.4, 0.5) is 0 Å². The van der Waals surface area contributed by atoms with Crippen molar-refractivity contribution in [1.29, 1.82) is 0 Å². The van der Waals surface area contributed by atoms with Gasteiger partial charge in [-0.25, -0.2) is 8.42 Å². The standard InChI is InChI=1S/C17H20N2O4S4/c1-3-18(12-6-8-27(22,23)10-12)15(20)11(2)19-16(21)14(26-17(19)24)9-13-5-4-7-25-13/h4-5,7,9,11-12H,3,6,8,10H2,1-2H3/b14-9+/t11-,12+/m1/s1. The zero-order valence-corrected chi connectivity index (χ0v) is 18.2. The summed E-state index contributed by atoms with van der Waals surface area (Å²) in [5, 5.41) is 1.92. The lowest BCUT2D eigenvalue weighted by Gasteiger charge is -2.32. The van der Waals surface area contributed by atoms with Crippen LogP contribution in [0, 0.1) is 0 Å². The summed E-state index contributed by atoms with van der Waals surface area (Å²) < 4.78 is 23.9. The maximum atomic E-state index is 13.0. The summed E-state index contributed by atoms with van der Waals surface area (Å²) in [5.41, 5.74) is 0. The minimum absolute atomic E-state index is 0.0179. The number of hydrogen-bond acceptors (Lipinski definition) is 7. The van der Waals surface area contributed by atoms with Gasteiger partial charge in [-0.3, -0.25) is 14.5 Å². The highest BCUT2D eigenvalue weighted by atomic mass is 32.2. The van der Waals surface area contributed by atoms with E-state index in [9.17, 15) is 18.0 Å². The number of hydrogen-bond donors (Lipinski definition) is 0. The lowest BCUT2D eigenvalue weighted by Crippen LogP contribution is -2.52. The summed E-state index contributed by atoms with van der Waals surface area (Å²) in [6, 6.07) is 2.70. The molecule has 2 aliphatic heterocycles. The van der Waals surface area contributed by atoms with E-state index in [1.54, 1.807) is 17.9 Å². The molecular weight excluding hydrogens is 424 g/mol. The molecule has 27 heavy (non-hydrogen) atoms. The normalized spacial score (nSPS) is 24.6. The van der Waals surface area contributed by atoms with E-state index < -0.39 is 15.9 Å². The number of amides is 2. The van der Waals surface area contributed by atoms with Crippen molar-refractivity contribution in [3.8, 4) is 0 Å². The van der Waals surface area contributed by atoms with Gasteiger partial charge in [0, 0.05) is 17.5 Å². The number of thiocarbonyl (C=S) groups is 1. The summed E-state index contributed by atoms with van der Waals surface area (Å²) in [6.45, 7) is 3.85. The largest absolute Gasteiger partial charge is 0.337 e. The SMILES string of the molecule is CCN(C(=O)[C@@H](C)N1C(=O)/C(=C\c2cccs2)SC1=S)[C@H]1CCS(=O)(=O)C1. The first kappa shape index (κ1) is 20.5. The second kappa shape index (κ2) is 8.02. The third-order valence-corrected chi connectivity index (χ3v) is 8.56. The predicted molar refractivity (Wildman–Crippen MR) is 113 cm³/mol. The molecular formula is C17H20N2O4S4. The van der Waals surface area contributed by atoms with Crippen molar-refractivity contribution in [2.75, 3.05) is 18.1 Å². The number of thioether (sulfide) groups is 1. The van der Waals surface area contributed by atoms with Gasteiger partial charge in [0.2, 0.25) is 5.91 Å². The molecule has 0 bridgehead atoms. The molecule has 2 fully saturated rings. The maximum absolute atomic E-state index is 13.0. The maximum Gasteiger partial charge on any atom is 0.266 e. The van der Waals surface area contributed by atoms with Crippen LogP contribution < -0.4 is 0 Å². The van der Waals surface area contributed by atoms with Crippen LogP contribution in [0.15, 0.2) is 22.4 Å². The number of likely N-dealkylation sites (N-methyl/N-ethyl adjacent to an activating group) is 1. The van der Waals surface area contributed by atoms with E-state index in [2.05, 4.69) is 0 Å². The van der Waals surface area contributed by atoms with E-state index in [1.165, 1.54) is 28.0 Å². The molecule has 2 atom stereocenters. The van der Waals surface area contributed by atoms with Gasteiger partial charge in [-0.15, -0.1) is 11.3 Å². The molecule has 2 aliphatic rings. The van der Waals surface area contributed by atoms with Gasteiger partial charge < -0.3 is 4.90 Å². The van der Waals surface area contributed by atoms with Gasteiger partial charge in [-0.1, -0.05) is 30.0 Å². The lowest BCUT2D eigenvalue weighted by atomic mass is 10.1. The van der Waals surface area contributed by atoms with Gasteiger partial charge in [0.25, 0.3) is 5.91 Å². The number of sulfone groups is 1. The zero-order valence-electron chi connectivity index (χ0n) is 15.0. The Kier molecular flexibility index (Phi) is 6.09. The Balaban J connectivity index is 1.77. The van der Waals surface area contributed by atoms with E-state index in [1.807, 2.05) is 24.4 Å². The first-order valence-corrected chi connectivity index (χ1v) is 12.5. The molecule has 0 N–H and O–H groups in total. The van der Waals surface area contributed by atoms with Crippen LogP contribution in [-0.2, 0) is 19.4 Å². The van der Waals surface area contributed by atoms with Crippen molar-refractivity contribution >= 4 is 67.4 Å². The highest BCUT2D eigenvalue weighted by molar-refractivity contribution is 8.26. The van der Waals surface area contributed by atoms with E-state index in [-0.39, 0.29) is 29.4 Å². The molecule has 2 amide bonds. The molecule has 0 aromatic carbocycles. The van der Waals surface area contributed by atoms with Crippen molar-refractivity contribution < 1.29 is 18.0 Å². The van der Waals surface area contributed by atoms with Crippen LogP contribution >= 0.6 is 35.3 Å². The first-order chi connectivity index (χ1) is 12.7. The fraction of sp³-hybridized carbons (Fsp3) is 0.471. The Labute approximate surface area is 172 Å². The second-order valence-corrected chi connectivity index (χ2v) is 11.3. The fourth-order valence-corrected chi connectivity index (χ4v) is 7.15. The molecule has 0 radical (unpaired) electrons. The molecule has 0 aliphatic carbocycles. The molecule has 1 aromatic heterocycles. The predicted octanol–water partition coefficient (Wildman–Crippen LogP) is 2.37. The highest BCUT2D eigenvalue weighted by Gasteiger charge is 2.42. The van der Waals surface area contributed by atoms with Crippen molar-refractivity contribution in [2.24, 2.45) is 0 Å². The van der Waals surface area contributed by atoms with Gasteiger partial charge in [0.15, 0.2) is 9.84 Å². The van der Waals surface area contributed by atoms with E-state index >= 15 is 0 Å². The summed E-state index contributed by atoms with van der Waals surface area (Å²) in [7, 11) is -3.10. The minimum Gasteiger partial charge on any atom is -0.337 e. The van der Waals surface area contributed by atoms with Gasteiger partial charge in [-0.05, 0) is 37.8 Å². The van der Waals surface area contributed by atoms with Gasteiger partial charge in [-0.2, -0.15) is 0 Å². The molecule has 0 unspecified atom stereocenters. The molecule has 0 spiro atoms. The highest BCUT2D eigenvalue weighted by Crippen LogP contribution is 2.35. The van der Waals surface area contributed by atoms with E-state index in [0.717, 1.165) is 4.88 Å². The van der Waals surface area contributed by atoms with E-state index in [0.29, 0.717) is 22.2 Å². The van der Waals surface area contributed by atoms with Gasteiger partial charge in [0.05, 0.1) is 16.4 Å². The topological polar surface area (TPSA) is 74.8 Å². The molecule has 146 valence electrons. The Morgan fingerprint density at radius 2 is 2.26 bits per heavy atom. The number of carbonyl (C=O) groups excluding carboxylic acids is 2. The number of nitrogens with zero attached hydrogens (tertiary/aromatic N) is 2. The van der Waals surface area contributed by atoms with Crippen molar-refractivity contribution in [3.63, 3.8) is 0 Å². The van der Waals surface area contributed by atoms with E-state index in [4.69, 9.17) is 12.2 Å². The molecule has 3 rings (SSSR count). The summed E-state index contributed by atoms with van der Waals surface area (Å²) >= 11 is 8.05. The molecule has 3 heterocycles. The molecule has 2 saturated heterocycles. The smallest absolute Gasteiger partial charge is 0.266 e. The average Bonchev–Trinajstić information content (AvgIpc) is 3.30. The average molecular weight is 445 g/mol. The number of thiophene rings is 1. The van der Waals surface area contributed by atoms with Crippen LogP contribution in [0.1, 0.15) is 25.1 Å². The number of rotatable bonds is 5. The molecule has 6 nitrogen and oxygen atoms in total. The van der Waals surface area contributed by atoms with Crippen molar-refractivity contribution in [2.45, 2.75) is 32.4 Å². The first-order valence-electron chi connectivity index (χ1n) is 8.55. The summed E-state index contributed by atoms with van der Waals surface area (Å²) in [5.74, 6) is -0.473. The van der Waals surface area contributed by atoms with Crippen LogP contribution in [0.5, 0.6) is 0 Å². The molecule has 0 saturated carbocycles. The summed E-state index contributed by atoms with van der Waals surface area (Å²) in [4.78, 5) is 30.2. The Morgan fingerprint density at radius 1 is 1.52 bits per heavy atom. The quantitative estimate of drug-likeness (QED) is 0.513. The van der Waals surface area contributed by atoms with Crippen LogP contribution in [0.25, 0.3) is 6.08 Å². The monoisotopic (exact) mass is 444 g/mol. The van der Waals surface area contributed by atoms with Crippen LogP contribution in [-0.4, -0.2) is 64.5 Å². The zero-order chi connectivity index (χ0) is 19.8. The molecule has 1 aromatic rings. The van der Waals surface area contributed by atoms with Crippen LogP contribution in [0.3, 0.4) is 0 Å². The minimum atomic E-state index is -3.10. The Bertz CT molecular complexity index is 892.